The van der Waals surface area contributed by atoms with E-state index in [1.54, 1.807) is 0 Å². The predicted octanol–water partition coefficient (Wildman–Crippen LogP) is 1.99. The van der Waals surface area contributed by atoms with Gasteiger partial charge in [-0.15, -0.1) is 0 Å². The van der Waals surface area contributed by atoms with Crippen molar-refractivity contribution in [2.24, 2.45) is 0 Å². The monoisotopic (exact) mass is 264 g/mol. The molecular formula is C10H15F3N4O. The van der Waals surface area contributed by atoms with Crippen LogP contribution in [0.2, 0.25) is 0 Å². The molecule has 0 radical (unpaired) electrons. The van der Waals surface area contributed by atoms with E-state index in [4.69, 9.17) is 4.74 Å². The number of rotatable bonds is 6. The Morgan fingerprint density at radius 2 is 2.06 bits per heavy atom. The van der Waals surface area contributed by atoms with Crippen LogP contribution in [-0.4, -0.2) is 36.8 Å². The van der Waals surface area contributed by atoms with Gasteiger partial charge >= 0.3 is 6.18 Å². The summed E-state index contributed by atoms with van der Waals surface area (Å²) >= 11 is 0. The van der Waals surface area contributed by atoms with E-state index in [9.17, 15) is 13.2 Å². The Morgan fingerprint density at radius 3 is 2.61 bits per heavy atom. The Morgan fingerprint density at radius 1 is 1.33 bits per heavy atom. The Labute approximate surface area is 103 Å². The van der Waals surface area contributed by atoms with Crippen molar-refractivity contribution in [1.82, 2.24) is 9.97 Å². The van der Waals surface area contributed by atoms with Crippen molar-refractivity contribution < 1.29 is 17.9 Å². The summed E-state index contributed by atoms with van der Waals surface area (Å²) in [6.07, 6.45) is -4.50. The van der Waals surface area contributed by atoms with Gasteiger partial charge in [-0.2, -0.15) is 18.2 Å². The highest BCUT2D eigenvalue weighted by molar-refractivity contribution is 5.42. The molecule has 0 atom stereocenters. The van der Waals surface area contributed by atoms with Crippen LogP contribution in [0.15, 0.2) is 6.07 Å². The van der Waals surface area contributed by atoms with Gasteiger partial charge in [-0.3, -0.25) is 0 Å². The van der Waals surface area contributed by atoms with Crippen molar-refractivity contribution in [1.29, 1.82) is 0 Å². The number of nitrogens with one attached hydrogen (secondary N) is 2. The zero-order valence-corrected chi connectivity index (χ0v) is 10.1. The zero-order valence-electron chi connectivity index (χ0n) is 10.1. The first kappa shape index (κ1) is 14.5. The Bertz CT molecular complexity index is 384. The van der Waals surface area contributed by atoms with Crippen molar-refractivity contribution in [2.45, 2.75) is 13.1 Å². The first-order chi connectivity index (χ1) is 8.47. The van der Waals surface area contributed by atoms with Crippen LogP contribution >= 0.6 is 0 Å². The SMILES string of the molecule is CCOCCNc1cc(C(F)(F)F)nc(NC)n1. The maximum Gasteiger partial charge on any atom is 0.433 e. The number of hydrogen-bond donors (Lipinski definition) is 2. The summed E-state index contributed by atoms with van der Waals surface area (Å²) in [6, 6.07) is 0.868. The van der Waals surface area contributed by atoms with Gasteiger partial charge in [0.25, 0.3) is 0 Å². The zero-order chi connectivity index (χ0) is 13.6. The molecule has 0 aliphatic heterocycles. The van der Waals surface area contributed by atoms with E-state index in [1.807, 2.05) is 6.92 Å². The lowest BCUT2D eigenvalue weighted by Gasteiger charge is -2.11. The molecule has 5 nitrogen and oxygen atoms in total. The Balaban J connectivity index is 2.78. The highest BCUT2D eigenvalue weighted by atomic mass is 19.4. The second-order valence-electron chi connectivity index (χ2n) is 3.33. The molecule has 0 aliphatic carbocycles. The van der Waals surface area contributed by atoms with Crippen LogP contribution in [0, 0.1) is 0 Å². The van der Waals surface area contributed by atoms with E-state index in [2.05, 4.69) is 20.6 Å². The van der Waals surface area contributed by atoms with Crippen LogP contribution < -0.4 is 10.6 Å². The fourth-order valence-electron chi connectivity index (χ4n) is 1.19. The van der Waals surface area contributed by atoms with E-state index < -0.39 is 11.9 Å². The third-order valence-electron chi connectivity index (χ3n) is 2.00. The summed E-state index contributed by atoms with van der Waals surface area (Å²) in [4.78, 5) is 7.22. The van der Waals surface area contributed by atoms with Gasteiger partial charge in [0, 0.05) is 26.3 Å². The maximum atomic E-state index is 12.6. The molecule has 8 heteroatoms. The summed E-state index contributed by atoms with van der Waals surface area (Å²) in [6.45, 7) is 3.18. The fraction of sp³-hybridized carbons (Fsp3) is 0.600. The average Bonchev–Trinajstić information content (AvgIpc) is 2.33. The molecule has 1 heterocycles. The quantitative estimate of drug-likeness (QED) is 0.769. The summed E-state index contributed by atoms with van der Waals surface area (Å²) < 4.78 is 42.7. The Kier molecular flexibility index (Phi) is 5.14. The summed E-state index contributed by atoms with van der Waals surface area (Å²) in [7, 11) is 1.46. The first-order valence-corrected chi connectivity index (χ1v) is 5.43. The topological polar surface area (TPSA) is 59.1 Å². The van der Waals surface area contributed by atoms with Crippen molar-refractivity contribution in [3.8, 4) is 0 Å². The standard InChI is InChI=1S/C10H15F3N4O/c1-3-18-5-4-15-8-6-7(10(11,12)13)16-9(14-2)17-8/h6H,3-5H2,1-2H3,(H2,14,15,16,17). The summed E-state index contributed by atoms with van der Waals surface area (Å²) in [5, 5.41) is 5.24. The Hall–Kier alpha value is -1.57. The van der Waals surface area contributed by atoms with Gasteiger partial charge in [-0.1, -0.05) is 0 Å². The molecular weight excluding hydrogens is 249 g/mol. The molecule has 18 heavy (non-hydrogen) atoms. The lowest BCUT2D eigenvalue weighted by molar-refractivity contribution is -0.141. The van der Waals surface area contributed by atoms with Crippen LogP contribution in [0.3, 0.4) is 0 Å². The van der Waals surface area contributed by atoms with E-state index >= 15 is 0 Å². The van der Waals surface area contributed by atoms with Crippen LogP contribution in [0.25, 0.3) is 0 Å². The molecule has 0 bridgehead atoms. The van der Waals surface area contributed by atoms with Gasteiger partial charge in [0.05, 0.1) is 6.61 Å². The van der Waals surface area contributed by atoms with Crippen LogP contribution in [0.5, 0.6) is 0 Å². The van der Waals surface area contributed by atoms with E-state index in [0.29, 0.717) is 19.8 Å². The average molecular weight is 264 g/mol. The smallest absolute Gasteiger partial charge is 0.380 e. The summed E-state index contributed by atoms with van der Waals surface area (Å²) in [5.41, 5.74) is -0.985. The highest BCUT2D eigenvalue weighted by Crippen LogP contribution is 2.29. The first-order valence-electron chi connectivity index (χ1n) is 5.43. The van der Waals surface area contributed by atoms with Gasteiger partial charge in [0.2, 0.25) is 5.95 Å². The van der Waals surface area contributed by atoms with Gasteiger partial charge < -0.3 is 15.4 Å². The second-order valence-corrected chi connectivity index (χ2v) is 3.33. The van der Waals surface area contributed by atoms with Gasteiger partial charge in [0.1, 0.15) is 5.82 Å². The van der Waals surface area contributed by atoms with Crippen LogP contribution in [-0.2, 0) is 10.9 Å². The fourth-order valence-corrected chi connectivity index (χ4v) is 1.19. The number of hydrogen-bond acceptors (Lipinski definition) is 5. The van der Waals surface area contributed by atoms with Crippen molar-refractivity contribution in [3.05, 3.63) is 11.8 Å². The molecule has 0 spiro atoms. The number of ether oxygens (including phenoxy) is 1. The predicted molar refractivity (Wildman–Crippen MR) is 61.6 cm³/mol. The molecule has 0 saturated carbocycles. The van der Waals surface area contributed by atoms with Gasteiger partial charge in [-0.25, -0.2) is 4.98 Å². The third-order valence-corrected chi connectivity index (χ3v) is 2.00. The van der Waals surface area contributed by atoms with Crippen LogP contribution in [0.1, 0.15) is 12.6 Å². The molecule has 0 amide bonds. The van der Waals surface area contributed by atoms with Crippen molar-refractivity contribution in [2.75, 3.05) is 37.4 Å². The van der Waals surface area contributed by atoms with E-state index in [-0.39, 0.29) is 11.8 Å². The molecule has 0 unspecified atom stereocenters. The highest BCUT2D eigenvalue weighted by Gasteiger charge is 2.33. The second kappa shape index (κ2) is 6.39. The lowest BCUT2D eigenvalue weighted by atomic mass is 10.3. The third kappa shape index (κ3) is 4.36. The molecule has 102 valence electrons. The minimum Gasteiger partial charge on any atom is -0.380 e. The number of halogens is 3. The molecule has 0 fully saturated rings. The van der Waals surface area contributed by atoms with E-state index in [0.717, 1.165) is 6.07 Å². The van der Waals surface area contributed by atoms with E-state index in [1.165, 1.54) is 7.05 Å². The van der Waals surface area contributed by atoms with Crippen molar-refractivity contribution >= 4 is 11.8 Å². The van der Waals surface area contributed by atoms with Gasteiger partial charge in [0.15, 0.2) is 5.69 Å². The summed E-state index contributed by atoms with van der Waals surface area (Å²) in [5.74, 6) is 0.0325. The number of anilines is 2. The molecule has 0 aliphatic rings. The maximum absolute atomic E-state index is 12.6. The normalized spacial score (nSPS) is 11.4. The molecule has 1 aromatic rings. The molecule has 0 aromatic carbocycles. The number of nitrogens with zero attached hydrogens (tertiary/aromatic N) is 2. The number of alkyl halides is 3. The largest absolute Gasteiger partial charge is 0.433 e. The molecule has 0 saturated heterocycles. The van der Waals surface area contributed by atoms with Gasteiger partial charge in [-0.05, 0) is 6.92 Å². The molecule has 2 N–H and O–H groups in total. The lowest BCUT2D eigenvalue weighted by Crippen LogP contribution is -2.15. The minimum atomic E-state index is -4.50. The molecule has 1 rings (SSSR count). The minimum absolute atomic E-state index is 0.0799. The van der Waals surface area contributed by atoms with Crippen molar-refractivity contribution in [3.63, 3.8) is 0 Å². The van der Waals surface area contributed by atoms with Crippen LogP contribution in [0.4, 0.5) is 24.9 Å². The molecule has 1 aromatic heterocycles. The number of aromatic nitrogens is 2.